The average Bonchev–Trinajstić information content (AvgIpc) is 2.82. The Bertz CT molecular complexity index is 420. The number of nitrogens with zero attached hydrogens (tertiary/aromatic N) is 2. The summed E-state index contributed by atoms with van der Waals surface area (Å²) in [5, 5.41) is 0. The first-order valence-corrected chi connectivity index (χ1v) is 9.91. The van der Waals surface area contributed by atoms with Crippen LogP contribution in [0.1, 0.15) is 72.6 Å². The highest BCUT2D eigenvalue weighted by Crippen LogP contribution is 2.40. The molecule has 3 aliphatic rings. The van der Waals surface area contributed by atoms with Gasteiger partial charge in [0.05, 0.1) is 0 Å². The molecule has 2 aliphatic heterocycles. The van der Waals surface area contributed by atoms with Gasteiger partial charge < -0.3 is 4.90 Å². The van der Waals surface area contributed by atoms with Crippen LogP contribution in [0.4, 0.5) is 0 Å². The Morgan fingerprint density at radius 2 is 1.70 bits per heavy atom. The van der Waals surface area contributed by atoms with Gasteiger partial charge in [-0.1, -0.05) is 33.6 Å². The van der Waals surface area contributed by atoms with E-state index in [9.17, 15) is 4.79 Å². The summed E-state index contributed by atoms with van der Waals surface area (Å²) in [7, 11) is 0. The number of rotatable bonds is 2. The molecule has 132 valence electrons. The third-order valence-electron chi connectivity index (χ3n) is 6.52. The van der Waals surface area contributed by atoms with Crippen LogP contribution in [0.2, 0.25) is 0 Å². The molecule has 23 heavy (non-hydrogen) atoms. The number of hydrogen-bond donors (Lipinski definition) is 0. The summed E-state index contributed by atoms with van der Waals surface area (Å²) in [4.78, 5) is 17.4. The monoisotopic (exact) mass is 320 g/mol. The number of fused-ring (bicyclic) bond motifs is 1. The van der Waals surface area contributed by atoms with E-state index in [1.807, 2.05) is 20.8 Å². The van der Waals surface area contributed by atoms with Crippen molar-refractivity contribution in [2.24, 2.45) is 17.3 Å². The third kappa shape index (κ3) is 3.75. The Kier molecular flexibility index (Phi) is 5.06. The molecule has 3 atom stereocenters. The first-order chi connectivity index (χ1) is 10.9. The Balaban J connectivity index is 1.52. The lowest BCUT2D eigenvalue weighted by atomic mass is 9.84. The number of likely N-dealkylation sites (tertiary alicyclic amines) is 2. The lowest BCUT2D eigenvalue weighted by Gasteiger charge is -2.40. The number of piperidine rings is 1. The molecule has 0 spiro atoms. The summed E-state index contributed by atoms with van der Waals surface area (Å²) < 4.78 is 0. The van der Waals surface area contributed by atoms with Crippen molar-refractivity contribution in [3.8, 4) is 0 Å². The standard InChI is InChI=1S/C20H36N2O/c1-15-13-17-7-5-6-8-18(17)22(15)14-16-9-11-21(12-10-16)19(23)20(2,3)4/h15-18H,5-14H2,1-4H3/t15-,17+,18+/m1/s1. The van der Waals surface area contributed by atoms with Gasteiger partial charge in [-0.05, 0) is 50.9 Å². The molecule has 3 nitrogen and oxygen atoms in total. The number of amides is 1. The molecule has 3 heteroatoms. The smallest absolute Gasteiger partial charge is 0.227 e. The fourth-order valence-corrected chi connectivity index (χ4v) is 5.21. The van der Waals surface area contributed by atoms with Crippen molar-refractivity contribution in [3.63, 3.8) is 0 Å². The van der Waals surface area contributed by atoms with Crippen molar-refractivity contribution in [3.05, 3.63) is 0 Å². The Morgan fingerprint density at radius 3 is 2.35 bits per heavy atom. The van der Waals surface area contributed by atoms with Crippen LogP contribution in [-0.2, 0) is 4.79 Å². The largest absolute Gasteiger partial charge is 0.342 e. The summed E-state index contributed by atoms with van der Waals surface area (Å²) in [6, 6.07) is 1.64. The minimum absolute atomic E-state index is 0.231. The average molecular weight is 321 g/mol. The molecular formula is C20H36N2O. The molecular weight excluding hydrogens is 284 g/mol. The Labute approximate surface area is 142 Å². The second-order valence-electron chi connectivity index (χ2n) is 9.38. The Morgan fingerprint density at radius 1 is 1.04 bits per heavy atom. The predicted octanol–water partition coefficient (Wildman–Crippen LogP) is 3.92. The molecule has 3 fully saturated rings. The summed E-state index contributed by atoms with van der Waals surface area (Å²) in [6.07, 6.45) is 9.59. The van der Waals surface area contributed by atoms with Gasteiger partial charge in [0.25, 0.3) is 0 Å². The highest BCUT2D eigenvalue weighted by molar-refractivity contribution is 5.81. The maximum atomic E-state index is 12.4. The van der Waals surface area contributed by atoms with Crippen LogP contribution >= 0.6 is 0 Å². The Hall–Kier alpha value is -0.570. The van der Waals surface area contributed by atoms with E-state index in [0.717, 1.165) is 37.0 Å². The van der Waals surface area contributed by atoms with Crippen molar-refractivity contribution in [1.82, 2.24) is 9.80 Å². The fraction of sp³-hybridized carbons (Fsp3) is 0.950. The number of carbonyl (C=O) groups excluding carboxylic acids is 1. The summed E-state index contributed by atoms with van der Waals surface area (Å²) in [5.74, 6) is 2.10. The predicted molar refractivity (Wildman–Crippen MR) is 95.3 cm³/mol. The van der Waals surface area contributed by atoms with Crippen LogP contribution in [0.25, 0.3) is 0 Å². The summed E-state index contributed by atoms with van der Waals surface area (Å²) in [5.41, 5.74) is -0.231. The third-order valence-corrected chi connectivity index (χ3v) is 6.52. The van der Waals surface area contributed by atoms with Crippen molar-refractivity contribution >= 4 is 5.91 Å². The molecule has 0 radical (unpaired) electrons. The highest BCUT2D eigenvalue weighted by Gasteiger charge is 2.41. The van der Waals surface area contributed by atoms with Crippen LogP contribution in [-0.4, -0.2) is 47.4 Å². The van der Waals surface area contributed by atoms with Gasteiger partial charge in [-0.3, -0.25) is 9.69 Å². The van der Waals surface area contributed by atoms with Gasteiger partial charge in [0.15, 0.2) is 0 Å². The molecule has 1 aliphatic carbocycles. The normalized spacial score (nSPS) is 33.7. The van der Waals surface area contributed by atoms with Crippen LogP contribution in [0.15, 0.2) is 0 Å². The van der Waals surface area contributed by atoms with Gasteiger partial charge in [0, 0.05) is 37.1 Å². The van der Waals surface area contributed by atoms with E-state index in [-0.39, 0.29) is 5.41 Å². The topological polar surface area (TPSA) is 23.6 Å². The molecule has 3 rings (SSSR count). The number of hydrogen-bond acceptors (Lipinski definition) is 2. The lowest BCUT2D eigenvalue weighted by molar-refractivity contribution is -0.141. The van der Waals surface area contributed by atoms with E-state index in [1.54, 1.807) is 0 Å². The molecule has 0 aromatic heterocycles. The van der Waals surface area contributed by atoms with E-state index >= 15 is 0 Å². The second-order valence-corrected chi connectivity index (χ2v) is 9.38. The van der Waals surface area contributed by atoms with Crippen LogP contribution in [0, 0.1) is 17.3 Å². The van der Waals surface area contributed by atoms with Gasteiger partial charge in [0.2, 0.25) is 5.91 Å². The summed E-state index contributed by atoms with van der Waals surface area (Å²) in [6.45, 7) is 11.8. The van der Waals surface area contributed by atoms with Crippen LogP contribution < -0.4 is 0 Å². The van der Waals surface area contributed by atoms with Crippen molar-refractivity contribution < 1.29 is 4.79 Å². The highest BCUT2D eigenvalue weighted by atomic mass is 16.2. The molecule has 0 unspecified atom stereocenters. The molecule has 1 amide bonds. The first kappa shape index (κ1) is 17.3. The van der Waals surface area contributed by atoms with Gasteiger partial charge in [0.1, 0.15) is 0 Å². The molecule has 0 bridgehead atoms. The van der Waals surface area contributed by atoms with Crippen molar-refractivity contribution in [1.29, 1.82) is 0 Å². The quantitative estimate of drug-likeness (QED) is 0.770. The molecule has 0 aromatic carbocycles. The molecule has 2 heterocycles. The maximum Gasteiger partial charge on any atom is 0.227 e. The fourth-order valence-electron chi connectivity index (χ4n) is 5.21. The van der Waals surface area contributed by atoms with Gasteiger partial charge >= 0.3 is 0 Å². The zero-order chi connectivity index (χ0) is 16.6. The van der Waals surface area contributed by atoms with Gasteiger partial charge in [-0.15, -0.1) is 0 Å². The van der Waals surface area contributed by atoms with Gasteiger partial charge in [-0.2, -0.15) is 0 Å². The zero-order valence-electron chi connectivity index (χ0n) is 15.7. The SMILES string of the molecule is C[C@@H]1C[C@@H]2CCCC[C@@H]2N1CC1CCN(C(=O)C(C)(C)C)CC1. The van der Waals surface area contributed by atoms with E-state index in [4.69, 9.17) is 0 Å². The molecule has 1 saturated carbocycles. The maximum absolute atomic E-state index is 12.4. The molecule has 0 aromatic rings. The number of carbonyl (C=O) groups is 1. The van der Waals surface area contributed by atoms with E-state index < -0.39 is 0 Å². The zero-order valence-corrected chi connectivity index (χ0v) is 15.7. The van der Waals surface area contributed by atoms with Crippen LogP contribution in [0.3, 0.4) is 0 Å². The van der Waals surface area contributed by atoms with Crippen LogP contribution in [0.5, 0.6) is 0 Å². The van der Waals surface area contributed by atoms with Crippen molar-refractivity contribution in [2.75, 3.05) is 19.6 Å². The van der Waals surface area contributed by atoms with E-state index in [1.165, 1.54) is 51.5 Å². The molecule has 2 saturated heterocycles. The van der Waals surface area contributed by atoms with E-state index in [0.29, 0.717) is 5.91 Å². The minimum atomic E-state index is -0.231. The van der Waals surface area contributed by atoms with Gasteiger partial charge in [-0.25, -0.2) is 0 Å². The summed E-state index contributed by atoms with van der Waals surface area (Å²) >= 11 is 0. The molecule has 0 N–H and O–H groups in total. The second kappa shape index (κ2) is 6.74. The van der Waals surface area contributed by atoms with E-state index in [2.05, 4.69) is 16.7 Å². The minimum Gasteiger partial charge on any atom is -0.342 e. The lowest BCUT2D eigenvalue weighted by Crippen LogP contribution is -2.47. The first-order valence-electron chi connectivity index (χ1n) is 9.91. The van der Waals surface area contributed by atoms with Crippen molar-refractivity contribution in [2.45, 2.75) is 84.7 Å².